The van der Waals surface area contributed by atoms with Gasteiger partial charge in [0.05, 0.1) is 0 Å². The molecule has 2 N–H and O–H groups in total. The molecule has 1 aliphatic rings. The zero-order chi connectivity index (χ0) is 14.1. The molecule has 0 unspecified atom stereocenters. The lowest BCUT2D eigenvalue weighted by Gasteiger charge is -2.35. The molecule has 0 aromatic carbocycles. The number of guanidine groups is 1. The highest BCUT2D eigenvalue weighted by Crippen LogP contribution is 2.12. The second kappa shape index (κ2) is 9.48. The van der Waals surface area contributed by atoms with E-state index >= 15 is 0 Å². The van der Waals surface area contributed by atoms with Crippen LogP contribution in [0.2, 0.25) is 0 Å². The summed E-state index contributed by atoms with van der Waals surface area (Å²) in [5.41, 5.74) is 0. The third kappa shape index (κ3) is 6.52. The van der Waals surface area contributed by atoms with Gasteiger partial charge in [-0.2, -0.15) is 11.8 Å². The minimum Gasteiger partial charge on any atom is -0.356 e. The van der Waals surface area contributed by atoms with Gasteiger partial charge in [0, 0.05) is 38.8 Å². The van der Waals surface area contributed by atoms with Crippen LogP contribution in [0.1, 0.15) is 33.1 Å². The average molecular weight is 286 g/mol. The van der Waals surface area contributed by atoms with Crippen molar-refractivity contribution in [1.29, 1.82) is 0 Å². The summed E-state index contributed by atoms with van der Waals surface area (Å²) in [5.74, 6) is 2.17. The Balaban J connectivity index is 2.22. The molecule has 1 heterocycles. The van der Waals surface area contributed by atoms with Gasteiger partial charge in [-0.25, -0.2) is 0 Å². The van der Waals surface area contributed by atoms with Gasteiger partial charge in [-0.15, -0.1) is 0 Å². The van der Waals surface area contributed by atoms with Crippen molar-refractivity contribution in [3.05, 3.63) is 0 Å². The van der Waals surface area contributed by atoms with Crippen molar-refractivity contribution in [2.75, 3.05) is 38.7 Å². The zero-order valence-corrected chi connectivity index (χ0v) is 13.7. The molecule has 0 bridgehead atoms. The molecule has 19 heavy (non-hydrogen) atoms. The van der Waals surface area contributed by atoms with Crippen molar-refractivity contribution in [2.24, 2.45) is 4.99 Å². The summed E-state index contributed by atoms with van der Waals surface area (Å²) >= 11 is 1.89. The second-order valence-electron chi connectivity index (χ2n) is 5.39. The third-order valence-electron chi connectivity index (χ3n) is 3.64. The van der Waals surface area contributed by atoms with E-state index in [0.717, 1.165) is 12.5 Å². The van der Waals surface area contributed by atoms with Gasteiger partial charge >= 0.3 is 0 Å². The molecule has 1 aliphatic heterocycles. The highest BCUT2D eigenvalue weighted by atomic mass is 32.2. The van der Waals surface area contributed by atoms with Crippen LogP contribution in [-0.2, 0) is 0 Å². The first-order chi connectivity index (χ1) is 9.17. The minimum absolute atomic E-state index is 0.571. The molecule has 1 rings (SSSR count). The Bertz CT molecular complexity index is 260. The quantitative estimate of drug-likeness (QED) is 0.443. The van der Waals surface area contributed by atoms with Crippen LogP contribution in [0.5, 0.6) is 0 Å². The van der Waals surface area contributed by atoms with E-state index in [1.807, 2.05) is 18.8 Å². The Morgan fingerprint density at radius 1 is 1.37 bits per heavy atom. The first-order valence-corrected chi connectivity index (χ1v) is 8.77. The van der Waals surface area contributed by atoms with E-state index in [1.165, 1.54) is 38.1 Å². The number of hydrogen-bond donors (Lipinski definition) is 2. The van der Waals surface area contributed by atoms with E-state index in [-0.39, 0.29) is 0 Å². The monoisotopic (exact) mass is 286 g/mol. The Labute approximate surface area is 122 Å². The smallest absolute Gasteiger partial charge is 0.191 e. The van der Waals surface area contributed by atoms with Crippen molar-refractivity contribution in [2.45, 2.75) is 45.2 Å². The molecule has 0 spiro atoms. The first kappa shape index (κ1) is 16.6. The van der Waals surface area contributed by atoms with Crippen molar-refractivity contribution in [3.8, 4) is 0 Å². The van der Waals surface area contributed by atoms with Crippen molar-refractivity contribution in [1.82, 2.24) is 15.5 Å². The number of nitrogens with zero attached hydrogens (tertiary/aromatic N) is 2. The van der Waals surface area contributed by atoms with Gasteiger partial charge < -0.3 is 15.5 Å². The molecule has 0 aromatic rings. The third-order valence-corrected chi connectivity index (χ3v) is 4.34. The molecule has 1 fully saturated rings. The molecule has 0 aliphatic carbocycles. The number of thioether (sulfide) groups is 1. The van der Waals surface area contributed by atoms with Crippen molar-refractivity contribution < 1.29 is 0 Å². The Morgan fingerprint density at radius 2 is 2.05 bits per heavy atom. The number of rotatable bonds is 6. The molecular formula is C14H30N4S. The van der Waals surface area contributed by atoms with Crippen LogP contribution >= 0.6 is 11.8 Å². The molecule has 0 radical (unpaired) electrons. The number of aliphatic imine (C=N–C) groups is 1. The standard InChI is InChI=1S/C14H30N4S/c1-12(2)18-9-6-13(7-10-18)17-14(15-3)16-8-5-11-19-4/h12-13H,5-11H2,1-4H3,(H2,15,16,17). The Kier molecular flexibility index (Phi) is 8.30. The average Bonchev–Trinajstić information content (AvgIpc) is 2.42. The largest absolute Gasteiger partial charge is 0.356 e. The molecule has 5 heteroatoms. The van der Waals surface area contributed by atoms with Gasteiger partial charge in [0.2, 0.25) is 0 Å². The molecule has 0 atom stereocenters. The number of hydrogen-bond acceptors (Lipinski definition) is 3. The fourth-order valence-electron chi connectivity index (χ4n) is 2.37. The fourth-order valence-corrected chi connectivity index (χ4v) is 2.80. The molecule has 1 saturated heterocycles. The molecule has 0 saturated carbocycles. The second-order valence-corrected chi connectivity index (χ2v) is 6.38. The normalized spacial score (nSPS) is 18.9. The summed E-state index contributed by atoms with van der Waals surface area (Å²) < 4.78 is 0. The van der Waals surface area contributed by atoms with E-state index in [1.54, 1.807) is 0 Å². The Hall–Kier alpha value is -0.420. The maximum atomic E-state index is 4.31. The fraction of sp³-hybridized carbons (Fsp3) is 0.929. The predicted molar refractivity (Wildman–Crippen MR) is 87.2 cm³/mol. The summed E-state index contributed by atoms with van der Waals surface area (Å²) in [6.45, 7) is 7.95. The van der Waals surface area contributed by atoms with Crippen LogP contribution in [-0.4, -0.2) is 61.6 Å². The molecule has 4 nitrogen and oxygen atoms in total. The van der Waals surface area contributed by atoms with Gasteiger partial charge in [0.1, 0.15) is 0 Å². The topological polar surface area (TPSA) is 39.7 Å². The van der Waals surface area contributed by atoms with Crippen LogP contribution in [0, 0.1) is 0 Å². The number of piperidine rings is 1. The predicted octanol–water partition coefficient (Wildman–Crippen LogP) is 1.78. The molecule has 112 valence electrons. The van der Waals surface area contributed by atoms with E-state index in [4.69, 9.17) is 0 Å². The molecule has 0 aromatic heterocycles. The SMILES string of the molecule is CN=C(NCCCSC)NC1CCN(C(C)C)CC1. The van der Waals surface area contributed by atoms with E-state index in [2.05, 4.69) is 40.6 Å². The maximum absolute atomic E-state index is 4.31. The summed E-state index contributed by atoms with van der Waals surface area (Å²) in [6, 6.07) is 1.24. The highest BCUT2D eigenvalue weighted by molar-refractivity contribution is 7.98. The van der Waals surface area contributed by atoms with Crippen LogP contribution in [0.15, 0.2) is 4.99 Å². The first-order valence-electron chi connectivity index (χ1n) is 7.37. The molecule has 0 amide bonds. The van der Waals surface area contributed by atoms with Crippen molar-refractivity contribution >= 4 is 17.7 Å². The van der Waals surface area contributed by atoms with Crippen LogP contribution < -0.4 is 10.6 Å². The maximum Gasteiger partial charge on any atom is 0.191 e. The van der Waals surface area contributed by atoms with Gasteiger partial charge in [-0.1, -0.05) is 0 Å². The van der Waals surface area contributed by atoms with Crippen LogP contribution in [0.25, 0.3) is 0 Å². The van der Waals surface area contributed by atoms with E-state index in [9.17, 15) is 0 Å². The summed E-state index contributed by atoms with van der Waals surface area (Å²) in [4.78, 5) is 6.86. The van der Waals surface area contributed by atoms with Gasteiger partial charge in [-0.05, 0) is 45.1 Å². The lowest BCUT2D eigenvalue weighted by atomic mass is 10.0. The summed E-state index contributed by atoms with van der Waals surface area (Å²) in [7, 11) is 1.85. The van der Waals surface area contributed by atoms with E-state index < -0.39 is 0 Å². The minimum atomic E-state index is 0.571. The lowest BCUT2D eigenvalue weighted by Crippen LogP contribution is -2.50. The summed E-state index contributed by atoms with van der Waals surface area (Å²) in [5, 5.41) is 6.94. The van der Waals surface area contributed by atoms with Crippen LogP contribution in [0.3, 0.4) is 0 Å². The van der Waals surface area contributed by atoms with Gasteiger partial charge in [-0.3, -0.25) is 4.99 Å². The number of nitrogens with one attached hydrogen (secondary N) is 2. The van der Waals surface area contributed by atoms with Gasteiger partial charge in [0.15, 0.2) is 5.96 Å². The summed E-state index contributed by atoms with van der Waals surface area (Å²) in [6.07, 6.45) is 5.76. The van der Waals surface area contributed by atoms with Crippen LogP contribution in [0.4, 0.5) is 0 Å². The van der Waals surface area contributed by atoms with Crippen molar-refractivity contribution in [3.63, 3.8) is 0 Å². The lowest BCUT2D eigenvalue weighted by molar-refractivity contribution is 0.167. The highest BCUT2D eigenvalue weighted by Gasteiger charge is 2.21. The number of likely N-dealkylation sites (tertiary alicyclic amines) is 1. The molecular weight excluding hydrogens is 256 g/mol. The zero-order valence-electron chi connectivity index (χ0n) is 12.9. The Morgan fingerprint density at radius 3 is 2.58 bits per heavy atom. The van der Waals surface area contributed by atoms with E-state index in [0.29, 0.717) is 12.1 Å². The van der Waals surface area contributed by atoms with Gasteiger partial charge in [0.25, 0.3) is 0 Å².